The fourth-order valence-electron chi connectivity index (χ4n) is 8.44. The van der Waals surface area contributed by atoms with Gasteiger partial charge in [0.25, 0.3) is 0 Å². The molecule has 35 heavy (non-hydrogen) atoms. The molecule has 0 saturated heterocycles. The molecule has 0 aromatic rings. The zero-order chi connectivity index (χ0) is 25.5. The Bertz CT molecular complexity index is 951. The summed E-state index contributed by atoms with van der Waals surface area (Å²) < 4.78 is 11.7. The van der Waals surface area contributed by atoms with Crippen molar-refractivity contribution in [2.24, 2.45) is 28.6 Å². The van der Waals surface area contributed by atoms with Crippen LogP contribution in [-0.2, 0) is 19.1 Å². The van der Waals surface area contributed by atoms with Gasteiger partial charge in [0, 0.05) is 19.8 Å². The average molecular weight is 483 g/mol. The number of ether oxygens (including phenoxy) is 2. The molecule has 0 bridgehead atoms. The van der Waals surface area contributed by atoms with Gasteiger partial charge in [0.15, 0.2) is 0 Å². The second-order valence-corrected chi connectivity index (χ2v) is 12.5. The zero-order valence-electron chi connectivity index (χ0n) is 23.0. The minimum absolute atomic E-state index is 0.00592. The second kappa shape index (κ2) is 9.90. The number of rotatable bonds is 5. The van der Waals surface area contributed by atoms with Crippen molar-refractivity contribution in [1.29, 1.82) is 0 Å². The third kappa shape index (κ3) is 4.91. The summed E-state index contributed by atoms with van der Waals surface area (Å²) in [5.41, 5.74) is 6.50. The number of allylic oxidation sites excluding steroid dienone is 6. The predicted octanol–water partition coefficient (Wildman–Crippen LogP) is 7.49. The first-order valence-electron chi connectivity index (χ1n) is 13.8. The molecule has 194 valence electrons. The Balaban J connectivity index is 1.65. The first-order chi connectivity index (χ1) is 16.5. The van der Waals surface area contributed by atoms with Gasteiger partial charge in [0.2, 0.25) is 0 Å². The Morgan fingerprint density at radius 2 is 1.69 bits per heavy atom. The van der Waals surface area contributed by atoms with E-state index in [9.17, 15) is 9.59 Å². The molecular formula is C31H46O4. The van der Waals surface area contributed by atoms with Crippen LogP contribution in [0.25, 0.3) is 0 Å². The third-order valence-corrected chi connectivity index (χ3v) is 10.00. The summed E-state index contributed by atoms with van der Waals surface area (Å²) in [6, 6.07) is 0. The van der Waals surface area contributed by atoms with E-state index in [1.807, 2.05) is 0 Å². The molecule has 0 aromatic carbocycles. The van der Waals surface area contributed by atoms with Crippen LogP contribution in [-0.4, -0.2) is 24.1 Å². The predicted molar refractivity (Wildman–Crippen MR) is 140 cm³/mol. The summed E-state index contributed by atoms with van der Waals surface area (Å²) in [5.74, 6) is 0.874. The lowest BCUT2D eigenvalue weighted by molar-refractivity contribution is -0.167. The van der Waals surface area contributed by atoms with Crippen molar-refractivity contribution in [3.05, 3.63) is 34.4 Å². The molecule has 0 heterocycles. The van der Waals surface area contributed by atoms with E-state index in [-0.39, 0.29) is 40.9 Å². The molecule has 7 atom stereocenters. The van der Waals surface area contributed by atoms with Crippen LogP contribution in [0.3, 0.4) is 0 Å². The molecule has 4 heteroatoms. The number of hydrogen-bond donors (Lipinski definition) is 0. The highest BCUT2D eigenvalue weighted by atomic mass is 16.5. The fourth-order valence-corrected chi connectivity index (χ4v) is 8.44. The van der Waals surface area contributed by atoms with Crippen molar-refractivity contribution < 1.29 is 19.1 Å². The Kier molecular flexibility index (Phi) is 7.42. The summed E-state index contributed by atoms with van der Waals surface area (Å²) in [5, 5.41) is 0. The highest BCUT2D eigenvalue weighted by Crippen LogP contribution is 2.66. The average Bonchev–Trinajstić information content (AvgIpc) is 3.11. The minimum Gasteiger partial charge on any atom is -0.463 e. The quantitative estimate of drug-likeness (QED) is 0.301. The van der Waals surface area contributed by atoms with Crippen LogP contribution in [0.4, 0.5) is 0 Å². The highest BCUT2D eigenvalue weighted by Gasteiger charge is 2.59. The highest BCUT2D eigenvalue weighted by molar-refractivity contribution is 5.66. The molecule has 4 rings (SSSR count). The Labute approximate surface area is 212 Å². The Hall–Kier alpha value is -1.84. The fraction of sp³-hybridized carbons (Fsp3) is 0.742. The van der Waals surface area contributed by atoms with Gasteiger partial charge in [-0.05, 0) is 101 Å². The van der Waals surface area contributed by atoms with Crippen molar-refractivity contribution in [3.8, 4) is 0 Å². The summed E-state index contributed by atoms with van der Waals surface area (Å²) in [6.45, 7) is 14.6. The molecule has 0 radical (unpaired) electrons. The van der Waals surface area contributed by atoms with E-state index in [1.165, 1.54) is 32.3 Å². The lowest BCUT2D eigenvalue weighted by Crippen LogP contribution is -2.54. The maximum atomic E-state index is 12.2. The zero-order valence-corrected chi connectivity index (χ0v) is 23.0. The van der Waals surface area contributed by atoms with Crippen molar-refractivity contribution in [2.75, 3.05) is 0 Å². The largest absolute Gasteiger partial charge is 0.463 e. The molecule has 0 amide bonds. The van der Waals surface area contributed by atoms with Crippen LogP contribution in [0, 0.1) is 28.6 Å². The van der Waals surface area contributed by atoms with Crippen LogP contribution >= 0.6 is 0 Å². The summed E-state index contributed by atoms with van der Waals surface area (Å²) in [4.78, 5) is 23.8. The molecular weight excluding hydrogens is 436 g/mol. The Morgan fingerprint density at radius 1 is 0.971 bits per heavy atom. The van der Waals surface area contributed by atoms with Crippen molar-refractivity contribution >= 4 is 11.9 Å². The molecule has 0 aliphatic heterocycles. The van der Waals surface area contributed by atoms with Gasteiger partial charge in [-0.3, -0.25) is 9.59 Å². The molecule has 3 saturated carbocycles. The van der Waals surface area contributed by atoms with Crippen molar-refractivity contribution in [2.45, 2.75) is 118 Å². The van der Waals surface area contributed by atoms with Gasteiger partial charge in [-0.15, -0.1) is 0 Å². The van der Waals surface area contributed by atoms with Gasteiger partial charge in [0.05, 0.1) is 0 Å². The topological polar surface area (TPSA) is 52.6 Å². The third-order valence-electron chi connectivity index (χ3n) is 10.00. The Morgan fingerprint density at radius 3 is 2.34 bits per heavy atom. The number of hydrogen-bond acceptors (Lipinski definition) is 4. The number of carbonyl (C=O) groups excluding carboxylic acids is 2. The molecule has 0 spiro atoms. The van der Waals surface area contributed by atoms with Gasteiger partial charge in [-0.1, -0.05) is 48.3 Å². The summed E-state index contributed by atoms with van der Waals surface area (Å²) >= 11 is 0. The van der Waals surface area contributed by atoms with Crippen molar-refractivity contribution in [3.63, 3.8) is 0 Å². The monoisotopic (exact) mass is 482 g/mol. The number of carbonyl (C=O) groups is 2. The van der Waals surface area contributed by atoms with Gasteiger partial charge < -0.3 is 9.47 Å². The molecule has 4 nitrogen and oxygen atoms in total. The normalized spacial score (nSPS) is 39.4. The number of esters is 2. The second-order valence-electron chi connectivity index (χ2n) is 12.5. The van der Waals surface area contributed by atoms with E-state index < -0.39 is 0 Å². The maximum absolute atomic E-state index is 12.2. The first kappa shape index (κ1) is 26.2. The standard InChI is InChI=1S/C31H46O4/c1-19(2)9-8-10-20(3)25-11-12-26-24-18-29(35-22(5)33)28-17-23(34-21(4)32)13-15-31(28,7)27(24)14-16-30(25,26)6/h9,14,23-24,26,28-29H,8,10-13,15-18H2,1-7H3/b25-20+. The SMILES string of the molecule is CC(=O)OC1CCC2(C)C3=CCC4(C)/C(=C(\C)CCC=C(C)C)CCC4C3CC(OC(C)=O)C2C1. The van der Waals surface area contributed by atoms with Crippen molar-refractivity contribution in [1.82, 2.24) is 0 Å². The van der Waals surface area contributed by atoms with Crippen LogP contribution in [0.15, 0.2) is 34.4 Å². The lowest BCUT2D eigenvalue weighted by atomic mass is 9.48. The molecule has 4 aliphatic rings. The van der Waals surface area contributed by atoms with E-state index in [1.54, 1.807) is 16.7 Å². The number of fused-ring (bicyclic) bond motifs is 5. The van der Waals surface area contributed by atoms with E-state index in [0.717, 1.165) is 44.9 Å². The van der Waals surface area contributed by atoms with E-state index in [2.05, 4.69) is 46.8 Å². The van der Waals surface area contributed by atoms with Gasteiger partial charge in [0.1, 0.15) is 12.2 Å². The minimum atomic E-state index is -0.214. The van der Waals surface area contributed by atoms with Gasteiger partial charge in [-0.2, -0.15) is 0 Å². The molecule has 0 aromatic heterocycles. The van der Waals surface area contributed by atoms with Gasteiger partial charge in [-0.25, -0.2) is 0 Å². The van der Waals surface area contributed by atoms with Crippen LogP contribution in [0.2, 0.25) is 0 Å². The molecule has 0 N–H and O–H groups in total. The molecule has 3 fully saturated rings. The van der Waals surface area contributed by atoms with Crippen LogP contribution in [0.1, 0.15) is 106 Å². The van der Waals surface area contributed by atoms with Crippen LogP contribution in [0.5, 0.6) is 0 Å². The molecule has 4 aliphatic carbocycles. The molecule has 7 unspecified atom stereocenters. The summed E-state index contributed by atoms with van der Waals surface area (Å²) in [6.07, 6.45) is 14.2. The smallest absolute Gasteiger partial charge is 0.302 e. The van der Waals surface area contributed by atoms with E-state index >= 15 is 0 Å². The van der Waals surface area contributed by atoms with Gasteiger partial charge >= 0.3 is 11.9 Å². The maximum Gasteiger partial charge on any atom is 0.302 e. The van der Waals surface area contributed by atoms with E-state index in [0.29, 0.717) is 11.8 Å². The summed E-state index contributed by atoms with van der Waals surface area (Å²) in [7, 11) is 0. The van der Waals surface area contributed by atoms with E-state index in [4.69, 9.17) is 9.47 Å². The van der Waals surface area contributed by atoms with Crippen LogP contribution < -0.4 is 0 Å². The lowest BCUT2D eigenvalue weighted by Gasteiger charge is -2.58. The first-order valence-corrected chi connectivity index (χ1v) is 13.8.